The summed E-state index contributed by atoms with van der Waals surface area (Å²) in [6.45, 7) is -3.24. The Morgan fingerprint density at radius 3 is 2.38 bits per heavy atom. The van der Waals surface area contributed by atoms with Crippen LogP contribution in [0.4, 0.5) is 0 Å². The van der Waals surface area contributed by atoms with E-state index in [0.29, 0.717) is 6.42 Å². The maximum atomic E-state index is 10.3. The van der Waals surface area contributed by atoms with Gasteiger partial charge in [-0.3, -0.25) is 4.57 Å². The first kappa shape index (κ1) is 8.96. The molecule has 2 nitrogen and oxygen atoms in total. The number of alkyl halides is 1. The SMILES string of the molecule is O=P(O)(Cl)CCCBr. The van der Waals surface area contributed by atoms with Gasteiger partial charge in [-0.2, -0.15) is 0 Å². The lowest BCUT2D eigenvalue weighted by molar-refractivity contribution is 0.495. The van der Waals surface area contributed by atoms with Crippen LogP contribution in [0.3, 0.4) is 0 Å². The Morgan fingerprint density at radius 2 is 2.25 bits per heavy atom. The predicted molar refractivity (Wildman–Crippen MR) is 39.0 cm³/mol. The molecule has 8 heavy (non-hydrogen) atoms. The molecule has 0 fully saturated rings. The van der Waals surface area contributed by atoms with Gasteiger partial charge < -0.3 is 4.89 Å². The van der Waals surface area contributed by atoms with Gasteiger partial charge >= 0.3 is 0 Å². The van der Waals surface area contributed by atoms with Crippen LogP contribution in [0.15, 0.2) is 0 Å². The van der Waals surface area contributed by atoms with Crippen LogP contribution in [0, 0.1) is 0 Å². The van der Waals surface area contributed by atoms with E-state index in [2.05, 4.69) is 15.9 Å². The lowest BCUT2D eigenvalue weighted by Crippen LogP contribution is -1.82. The second kappa shape index (κ2) is 3.89. The fourth-order valence-electron chi connectivity index (χ4n) is 0.255. The number of halogens is 2. The summed E-state index contributed by atoms with van der Waals surface area (Å²) in [5, 5.41) is 0.726. The second-order valence-corrected chi connectivity index (χ2v) is 5.44. The van der Waals surface area contributed by atoms with E-state index < -0.39 is 6.72 Å². The van der Waals surface area contributed by atoms with E-state index in [0.717, 1.165) is 5.33 Å². The maximum Gasteiger partial charge on any atom is 0.287 e. The summed E-state index contributed by atoms with van der Waals surface area (Å²) in [5.41, 5.74) is 0. The van der Waals surface area contributed by atoms with Crippen molar-refractivity contribution >= 4 is 33.9 Å². The van der Waals surface area contributed by atoms with Gasteiger partial charge in [0, 0.05) is 11.5 Å². The number of hydrogen-bond acceptors (Lipinski definition) is 1. The van der Waals surface area contributed by atoms with E-state index in [4.69, 9.17) is 16.1 Å². The molecule has 0 rings (SSSR count). The number of rotatable bonds is 3. The van der Waals surface area contributed by atoms with Crippen LogP contribution in [0.25, 0.3) is 0 Å². The second-order valence-electron chi connectivity index (χ2n) is 1.38. The summed E-state index contributed by atoms with van der Waals surface area (Å²) >= 11 is 8.11. The zero-order valence-corrected chi connectivity index (χ0v) is 7.42. The summed E-state index contributed by atoms with van der Waals surface area (Å²) in [5.74, 6) is 0. The van der Waals surface area contributed by atoms with Gasteiger partial charge in [-0.15, -0.1) is 0 Å². The van der Waals surface area contributed by atoms with Gasteiger partial charge in [-0.05, 0) is 17.7 Å². The first-order valence-electron chi connectivity index (χ1n) is 2.14. The first-order valence-corrected chi connectivity index (χ1v) is 6.01. The largest absolute Gasteiger partial charge is 0.333 e. The fraction of sp³-hybridized carbons (Fsp3) is 1.00. The Labute approximate surface area is 61.6 Å². The molecule has 0 amide bonds. The standard InChI is InChI=1S/C3H7BrClO2P/c4-2-1-3-8(5,6)7/h1-3H2,(H,6,7). The molecule has 5 heteroatoms. The van der Waals surface area contributed by atoms with E-state index in [1.165, 1.54) is 0 Å². The quantitative estimate of drug-likeness (QED) is 0.586. The van der Waals surface area contributed by atoms with E-state index in [1.807, 2.05) is 0 Å². The minimum absolute atomic E-state index is 0.194. The molecule has 1 unspecified atom stereocenters. The molecule has 0 aromatic carbocycles. The average molecular weight is 221 g/mol. The molecule has 0 aliphatic rings. The van der Waals surface area contributed by atoms with Crippen LogP contribution < -0.4 is 0 Å². The van der Waals surface area contributed by atoms with Crippen LogP contribution in [-0.4, -0.2) is 16.4 Å². The highest BCUT2D eigenvalue weighted by atomic mass is 79.9. The van der Waals surface area contributed by atoms with Crippen LogP contribution >= 0.6 is 33.9 Å². The van der Waals surface area contributed by atoms with Crippen molar-refractivity contribution in [2.75, 3.05) is 11.5 Å². The molecular formula is C3H7BrClO2P. The third-order valence-corrected chi connectivity index (χ3v) is 2.50. The third kappa shape index (κ3) is 6.96. The van der Waals surface area contributed by atoms with Gasteiger partial charge in [-0.1, -0.05) is 15.9 Å². The van der Waals surface area contributed by atoms with Crippen molar-refractivity contribution in [2.24, 2.45) is 0 Å². The van der Waals surface area contributed by atoms with Crippen LogP contribution in [0.2, 0.25) is 0 Å². The van der Waals surface area contributed by atoms with Crippen LogP contribution in [0.5, 0.6) is 0 Å². The van der Waals surface area contributed by atoms with Gasteiger partial charge in [0.05, 0.1) is 0 Å². The molecule has 0 bridgehead atoms. The molecule has 0 aromatic heterocycles. The van der Waals surface area contributed by atoms with Gasteiger partial charge in [-0.25, -0.2) is 0 Å². The monoisotopic (exact) mass is 220 g/mol. The van der Waals surface area contributed by atoms with E-state index in [9.17, 15) is 4.57 Å². The fourth-order valence-corrected chi connectivity index (χ4v) is 1.88. The normalized spacial score (nSPS) is 17.9. The number of hydrogen-bond donors (Lipinski definition) is 1. The molecule has 1 atom stereocenters. The molecule has 0 radical (unpaired) electrons. The highest BCUT2D eigenvalue weighted by Gasteiger charge is 2.10. The minimum Gasteiger partial charge on any atom is -0.333 e. The van der Waals surface area contributed by atoms with Crippen molar-refractivity contribution in [3.63, 3.8) is 0 Å². The zero-order valence-electron chi connectivity index (χ0n) is 4.18. The van der Waals surface area contributed by atoms with Crippen molar-refractivity contribution in [3.05, 3.63) is 0 Å². The van der Waals surface area contributed by atoms with Crippen molar-refractivity contribution in [2.45, 2.75) is 6.42 Å². The third-order valence-electron chi connectivity index (χ3n) is 0.568. The van der Waals surface area contributed by atoms with Crippen molar-refractivity contribution < 1.29 is 9.46 Å². The Balaban J connectivity index is 3.26. The zero-order chi connectivity index (χ0) is 6.62. The predicted octanol–water partition coefficient (Wildman–Crippen LogP) is 2.20. The van der Waals surface area contributed by atoms with Crippen LogP contribution in [-0.2, 0) is 4.57 Å². The van der Waals surface area contributed by atoms with Crippen molar-refractivity contribution in [1.82, 2.24) is 0 Å². The highest BCUT2D eigenvalue weighted by molar-refractivity contribution is 9.09. The van der Waals surface area contributed by atoms with E-state index >= 15 is 0 Å². The van der Waals surface area contributed by atoms with E-state index in [-0.39, 0.29) is 6.16 Å². The average Bonchev–Trinajstić information content (AvgIpc) is 1.59. The smallest absolute Gasteiger partial charge is 0.287 e. The van der Waals surface area contributed by atoms with Gasteiger partial charge in [0.2, 0.25) is 0 Å². The van der Waals surface area contributed by atoms with Gasteiger partial charge in [0.25, 0.3) is 6.72 Å². The van der Waals surface area contributed by atoms with Gasteiger partial charge in [0.15, 0.2) is 0 Å². The van der Waals surface area contributed by atoms with Crippen molar-refractivity contribution in [1.29, 1.82) is 0 Å². The Hall–Kier alpha value is 0.960. The summed E-state index contributed by atoms with van der Waals surface area (Å²) in [7, 11) is 0. The van der Waals surface area contributed by atoms with Crippen LogP contribution in [0.1, 0.15) is 6.42 Å². The Morgan fingerprint density at radius 1 is 1.75 bits per heavy atom. The molecule has 50 valence electrons. The topological polar surface area (TPSA) is 37.3 Å². The summed E-state index contributed by atoms with van der Waals surface area (Å²) in [6.07, 6.45) is 0.844. The minimum atomic E-state index is -3.24. The Bertz CT molecular complexity index is 101. The molecule has 0 spiro atoms. The van der Waals surface area contributed by atoms with Crippen molar-refractivity contribution in [3.8, 4) is 0 Å². The molecule has 0 aliphatic heterocycles. The molecule has 0 saturated heterocycles. The molecular weight excluding hydrogens is 214 g/mol. The Kier molecular flexibility index (Phi) is 4.35. The molecule has 0 saturated carbocycles. The lowest BCUT2D eigenvalue weighted by atomic mass is 10.6. The van der Waals surface area contributed by atoms with E-state index in [1.54, 1.807) is 0 Å². The lowest BCUT2D eigenvalue weighted by Gasteiger charge is -1.97. The molecule has 1 N–H and O–H groups in total. The highest BCUT2D eigenvalue weighted by Crippen LogP contribution is 2.46. The summed E-state index contributed by atoms with van der Waals surface area (Å²) in [6, 6.07) is 0. The summed E-state index contributed by atoms with van der Waals surface area (Å²) < 4.78 is 10.3. The molecule has 0 heterocycles. The molecule has 0 aromatic rings. The maximum absolute atomic E-state index is 10.3. The van der Waals surface area contributed by atoms with Gasteiger partial charge in [0.1, 0.15) is 0 Å². The summed E-state index contributed by atoms with van der Waals surface area (Å²) in [4.78, 5) is 8.45. The first-order chi connectivity index (χ1) is 3.56. The molecule has 0 aliphatic carbocycles.